The maximum absolute atomic E-state index is 12.4. The SMILES string of the molecule is CCN(CC(=O)O)C1CC(NC(=O)c2ccc(NC3CC3)c([N+](=O)[O-])c2)C1. The van der Waals surface area contributed by atoms with E-state index in [-0.39, 0.29) is 41.8 Å². The zero-order chi connectivity index (χ0) is 19.6. The molecule has 0 bridgehead atoms. The van der Waals surface area contributed by atoms with Crippen molar-refractivity contribution in [2.24, 2.45) is 0 Å². The molecular weight excluding hydrogens is 352 g/mol. The smallest absolute Gasteiger partial charge is 0.317 e. The number of amides is 1. The summed E-state index contributed by atoms with van der Waals surface area (Å²) in [4.78, 5) is 36.0. The van der Waals surface area contributed by atoms with Crippen LogP contribution in [0.4, 0.5) is 11.4 Å². The number of likely N-dealkylation sites (N-methyl/N-ethyl adjacent to an activating group) is 1. The van der Waals surface area contributed by atoms with Crippen molar-refractivity contribution in [3.05, 3.63) is 33.9 Å². The van der Waals surface area contributed by atoms with Crippen molar-refractivity contribution in [2.75, 3.05) is 18.4 Å². The minimum atomic E-state index is -0.864. The zero-order valence-electron chi connectivity index (χ0n) is 15.2. The van der Waals surface area contributed by atoms with Crippen molar-refractivity contribution in [3.8, 4) is 0 Å². The molecule has 0 radical (unpaired) electrons. The Hall–Kier alpha value is -2.68. The van der Waals surface area contributed by atoms with E-state index in [2.05, 4.69) is 10.6 Å². The number of nitrogens with zero attached hydrogens (tertiary/aromatic N) is 2. The molecule has 1 aromatic rings. The van der Waals surface area contributed by atoms with Gasteiger partial charge in [-0.25, -0.2) is 0 Å². The number of anilines is 1. The van der Waals surface area contributed by atoms with Crippen molar-refractivity contribution in [1.82, 2.24) is 10.2 Å². The maximum atomic E-state index is 12.4. The van der Waals surface area contributed by atoms with Gasteiger partial charge in [-0.2, -0.15) is 0 Å². The predicted octanol–water partition coefficient (Wildman–Crippen LogP) is 1.84. The number of benzene rings is 1. The van der Waals surface area contributed by atoms with E-state index in [1.807, 2.05) is 11.8 Å². The molecule has 1 aromatic carbocycles. The minimum Gasteiger partial charge on any atom is -0.480 e. The molecular formula is C18H24N4O5. The molecule has 2 aliphatic rings. The molecule has 0 aromatic heterocycles. The van der Waals surface area contributed by atoms with Gasteiger partial charge in [0.2, 0.25) is 0 Å². The summed E-state index contributed by atoms with van der Waals surface area (Å²) in [5.41, 5.74) is 0.596. The van der Waals surface area contributed by atoms with E-state index in [0.717, 1.165) is 12.8 Å². The van der Waals surface area contributed by atoms with Gasteiger partial charge < -0.3 is 15.7 Å². The van der Waals surface area contributed by atoms with Crippen LogP contribution in [-0.4, -0.2) is 58.0 Å². The van der Waals surface area contributed by atoms with E-state index in [1.54, 1.807) is 12.1 Å². The number of nitro groups is 1. The first kappa shape index (κ1) is 19.1. The second-order valence-electron chi connectivity index (χ2n) is 7.16. The molecule has 0 saturated heterocycles. The number of nitro benzene ring substituents is 1. The van der Waals surface area contributed by atoms with E-state index in [0.29, 0.717) is 25.1 Å². The third-order valence-electron chi connectivity index (χ3n) is 5.10. The molecule has 27 heavy (non-hydrogen) atoms. The number of carboxylic acids is 1. The first-order valence-corrected chi connectivity index (χ1v) is 9.19. The van der Waals surface area contributed by atoms with E-state index in [9.17, 15) is 19.7 Å². The molecule has 3 rings (SSSR count). The van der Waals surface area contributed by atoms with Crippen molar-refractivity contribution in [3.63, 3.8) is 0 Å². The number of hydrogen-bond acceptors (Lipinski definition) is 6. The van der Waals surface area contributed by atoms with Gasteiger partial charge in [-0.1, -0.05) is 6.92 Å². The second-order valence-corrected chi connectivity index (χ2v) is 7.16. The molecule has 0 heterocycles. The molecule has 1 amide bonds. The van der Waals surface area contributed by atoms with Crippen LogP contribution in [0.25, 0.3) is 0 Å². The molecule has 2 saturated carbocycles. The van der Waals surface area contributed by atoms with E-state index in [1.165, 1.54) is 6.07 Å². The van der Waals surface area contributed by atoms with Gasteiger partial charge >= 0.3 is 5.97 Å². The molecule has 0 unspecified atom stereocenters. The number of aliphatic carboxylic acids is 1. The summed E-state index contributed by atoms with van der Waals surface area (Å²) >= 11 is 0. The fraction of sp³-hybridized carbons (Fsp3) is 0.556. The monoisotopic (exact) mass is 376 g/mol. The van der Waals surface area contributed by atoms with Crippen LogP contribution in [-0.2, 0) is 4.79 Å². The Morgan fingerprint density at radius 1 is 1.30 bits per heavy atom. The topological polar surface area (TPSA) is 125 Å². The van der Waals surface area contributed by atoms with E-state index >= 15 is 0 Å². The van der Waals surface area contributed by atoms with Gasteiger partial charge in [-0.15, -0.1) is 0 Å². The lowest BCUT2D eigenvalue weighted by molar-refractivity contribution is -0.384. The van der Waals surface area contributed by atoms with Crippen LogP contribution in [0, 0.1) is 10.1 Å². The normalized spacial score (nSPS) is 21.4. The van der Waals surface area contributed by atoms with Crippen LogP contribution >= 0.6 is 0 Å². The lowest BCUT2D eigenvalue weighted by atomic mass is 9.85. The first-order valence-electron chi connectivity index (χ1n) is 9.19. The van der Waals surface area contributed by atoms with Crippen LogP contribution in [0.3, 0.4) is 0 Å². The Bertz CT molecular complexity index is 743. The third-order valence-corrected chi connectivity index (χ3v) is 5.10. The van der Waals surface area contributed by atoms with E-state index < -0.39 is 10.9 Å². The highest BCUT2D eigenvalue weighted by molar-refractivity contribution is 5.96. The third kappa shape index (κ3) is 4.73. The van der Waals surface area contributed by atoms with Crippen LogP contribution in [0.5, 0.6) is 0 Å². The highest BCUT2D eigenvalue weighted by atomic mass is 16.6. The second kappa shape index (κ2) is 7.91. The van der Waals surface area contributed by atoms with Crippen LogP contribution < -0.4 is 10.6 Å². The number of carbonyl (C=O) groups is 2. The molecule has 9 heteroatoms. The highest BCUT2D eigenvalue weighted by Gasteiger charge is 2.35. The van der Waals surface area contributed by atoms with Gasteiger partial charge in [0.25, 0.3) is 11.6 Å². The van der Waals surface area contributed by atoms with Gasteiger partial charge in [0.05, 0.1) is 11.5 Å². The Kier molecular flexibility index (Phi) is 5.59. The lowest BCUT2D eigenvalue weighted by Crippen LogP contribution is -2.54. The largest absolute Gasteiger partial charge is 0.480 e. The van der Waals surface area contributed by atoms with Crippen molar-refractivity contribution < 1.29 is 19.6 Å². The Balaban J connectivity index is 1.58. The van der Waals surface area contributed by atoms with Gasteiger partial charge in [-0.05, 0) is 44.4 Å². The zero-order valence-corrected chi connectivity index (χ0v) is 15.2. The van der Waals surface area contributed by atoms with E-state index in [4.69, 9.17) is 5.11 Å². The van der Waals surface area contributed by atoms with Crippen LogP contribution in [0.2, 0.25) is 0 Å². The summed E-state index contributed by atoms with van der Waals surface area (Å²) in [5, 5.41) is 26.2. The molecule has 9 nitrogen and oxygen atoms in total. The Labute approximate surface area is 156 Å². The van der Waals surface area contributed by atoms with Gasteiger partial charge in [0, 0.05) is 29.8 Å². The molecule has 0 aliphatic heterocycles. The molecule has 2 aliphatic carbocycles. The summed E-state index contributed by atoms with van der Waals surface area (Å²) in [6.07, 6.45) is 3.35. The lowest BCUT2D eigenvalue weighted by Gasteiger charge is -2.42. The number of hydrogen-bond donors (Lipinski definition) is 3. The van der Waals surface area contributed by atoms with Crippen LogP contribution in [0.15, 0.2) is 18.2 Å². The number of nitrogens with one attached hydrogen (secondary N) is 2. The molecule has 3 N–H and O–H groups in total. The fourth-order valence-electron chi connectivity index (χ4n) is 3.34. The van der Waals surface area contributed by atoms with Crippen molar-refractivity contribution >= 4 is 23.3 Å². The standard InChI is InChI=1S/C18H24N4O5/c1-2-21(10-17(23)24)14-8-13(9-14)20-18(25)11-3-6-15(19-12-4-5-12)16(7-11)22(26)27/h3,6-7,12-14,19H,2,4-5,8-10H2,1H3,(H,20,25)(H,23,24). The molecule has 146 valence electrons. The average molecular weight is 376 g/mol. The quantitative estimate of drug-likeness (QED) is 0.443. The van der Waals surface area contributed by atoms with Crippen molar-refractivity contribution in [1.29, 1.82) is 0 Å². The van der Waals surface area contributed by atoms with Gasteiger partial charge in [0.1, 0.15) is 5.69 Å². The summed E-state index contributed by atoms with van der Waals surface area (Å²) in [7, 11) is 0. The molecule has 0 spiro atoms. The number of rotatable bonds is 9. The average Bonchev–Trinajstić information content (AvgIpc) is 3.39. The highest BCUT2D eigenvalue weighted by Crippen LogP contribution is 2.32. The molecule has 2 fully saturated rings. The van der Waals surface area contributed by atoms with Gasteiger partial charge in [-0.3, -0.25) is 24.6 Å². The summed E-state index contributed by atoms with van der Waals surface area (Å²) < 4.78 is 0. The summed E-state index contributed by atoms with van der Waals surface area (Å²) in [6, 6.07) is 4.85. The Morgan fingerprint density at radius 3 is 2.56 bits per heavy atom. The van der Waals surface area contributed by atoms with Crippen LogP contribution in [0.1, 0.15) is 43.0 Å². The predicted molar refractivity (Wildman–Crippen MR) is 98.9 cm³/mol. The Morgan fingerprint density at radius 2 is 2.00 bits per heavy atom. The fourth-order valence-corrected chi connectivity index (χ4v) is 3.34. The van der Waals surface area contributed by atoms with Gasteiger partial charge in [0.15, 0.2) is 0 Å². The number of carboxylic acid groups (broad SMARTS) is 1. The first-order chi connectivity index (χ1) is 12.9. The molecule has 0 atom stereocenters. The van der Waals surface area contributed by atoms with Crippen molar-refractivity contribution in [2.45, 2.75) is 50.7 Å². The summed E-state index contributed by atoms with van der Waals surface area (Å²) in [5.74, 6) is -1.21. The maximum Gasteiger partial charge on any atom is 0.317 e. The number of carbonyl (C=O) groups excluding carboxylic acids is 1. The summed E-state index contributed by atoms with van der Waals surface area (Å²) in [6.45, 7) is 2.54. The minimum absolute atomic E-state index is 0.0104.